The third-order valence-electron chi connectivity index (χ3n) is 2.21. The normalized spacial score (nSPS) is 16.2. The topological polar surface area (TPSA) is 16.1 Å². The van der Waals surface area contributed by atoms with E-state index in [9.17, 15) is 13.2 Å². The van der Waals surface area contributed by atoms with Crippen molar-refractivity contribution in [2.45, 2.75) is 12.7 Å². The summed E-state index contributed by atoms with van der Waals surface area (Å²) in [5.41, 5.74) is 0.661. The number of alkyl halides is 3. The third-order valence-corrected chi connectivity index (χ3v) is 2.21. The van der Waals surface area contributed by atoms with Gasteiger partial charge in [-0.15, -0.1) is 13.2 Å². The van der Waals surface area contributed by atoms with Gasteiger partial charge in [-0.1, -0.05) is 12.2 Å². The molecule has 5 heteroatoms. The van der Waals surface area contributed by atoms with Gasteiger partial charge in [-0.2, -0.15) is 0 Å². The average Bonchev–Trinajstić information content (AvgIpc) is 2.29. The Morgan fingerprint density at radius 1 is 1.19 bits per heavy atom. The molecule has 0 atom stereocenters. The maximum Gasteiger partial charge on any atom is 0.488 e. The van der Waals surface area contributed by atoms with Crippen molar-refractivity contribution in [2.24, 2.45) is 0 Å². The van der Waals surface area contributed by atoms with Crippen LogP contribution in [0.3, 0.4) is 0 Å². The molecule has 0 unspecified atom stereocenters. The second-order valence-corrected chi connectivity index (χ2v) is 3.28. The fraction of sp³-hybridized carbons (Fsp3) is 0.182. The van der Waals surface area contributed by atoms with Crippen molar-refractivity contribution >= 4 is 5.70 Å². The summed E-state index contributed by atoms with van der Waals surface area (Å²) in [5.74, 6) is 0. The second kappa shape index (κ2) is 4.00. The molecule has 2 nitrogen and oxygen atoms in total. The Morgan fingerprint density at radius 2 is 1.88 bits per heavy atom. The van der Waals surface area contributed by atoms with E-state index in [4.69, 9.17) is 0 Å². The van der Waals surface area contributed by atoms with Crippen LogP contribution in [0, 0.1) is 0 Å². The van der Waals surface area contributed by atoms with Gasteiger partial charge in [-0.05, 0) is 18.6 Å². The number of allylic oxidation sites excluding steroid dienone is 2. The standard InChI is InChI=1S/C11H9F3N2/c12-11(13,14)16-8-2-1-3-10(16)9-4-6-15-7-5-9/h2-8H,1H2. The molecule has 0 spiro atoms. The predicted molar refractivity (Wildman–Crippen MR) is 53.9 cm³/mol. The highest BCUT2D eigenvalue weighted by atomic mass is 19.4. The summed E-state index contributed by atoms with van der Waals surface area (Å²) in [5, 5.41) is 0. The Morgan fingerprint density at radius 3 is 2.50 bits per heavy atom. The van der Waals surface area contributed by atoms with Crippen LogP contribution in [0.4, 0.5) is 13.2 Å². The largest absolute Gasteiger partial charge is 0.488 e. The maximum atomic E-state index is 12.7. The highest BCUT2D eigenvalue weighted by Gasteiger charge is 2.38. The second-order valence-electron chi connectivity index (χ2n) is 3.28. The van der Waals surface area contributed by atoms with Crippen LogP contribution in [-0.4, -0.2) is 16.2 Å². The van der Waals surface area contributed by atoms with Gasteiger partial charge in [0.2, 0.25) is 0 Å². The Bertz CT molecular complexity index is 421. The van der Waals surface area contributed by atoms with Crippen molar-refractivity contribution in [1.82, 2.24) is 9.88 Å². The van der Waals surface area contributed by atoms with Crippen LogP contribution in [0.2, 0.25) is 0 Å². The highest BCUT2D eigenvalue weighted by Crippen LogP contribution is 2.33. The van der Waals surface area contributed by atoms with E-state index in [0.717, 1.165) is 6.20 Å². The number of nitrogens with zero attached hydrogens (tertiary/aromatic N) is 2. The minimum Gasteiger partial charge on any atom is -0.265 e. The molecule has 0 saturated heterocycles. The molecule has 2 rings (SSSR count). The van der Waals surface area contributed by atoms with Crippen LogP contribution in [0.15, 0.2) is 42.9 Å². The minimum absolute atomic E-state index is 0.150. The van der Waals surface area contributed by atoms with E-state index >= 15 is 0 Å². The number of rotatable bonds is 1. The Balaban J connectivity index is 2.36. The van der Waals surface area contributed by atoms with Crippen molar-refractivity contribution in [3.8, 4) is 0 Å². The van der Waals surface area contributed by atoms with E-state index in [1.807, 2.05) is 0 Å². The smallest absolute Gasteiger partial charge is 0.265 e. The van der Waals surface area contributed by atoms with Gasteiger partial charge in [0.15, 0.2) is 0 Å². The summed E-state index contributed by atoms with van der Waals surface area (Å²) in [4.78, 5) is 4.09. The molecule has 0 aromatic carbocycles. The van der Waals surface area contributed by atoms with E-state index in [2.05, 4.69) is 4.98 Å². The molecule has 1 aromatic rings. The van der Waals surface area contributed by atoms with Gasteiger partial charge in [0.1, 0.15) is 0 Å². The summed E-state index contributed by atoms with van der Waals surface area (Å²) in [6, 6.07) is 3.12. The van der Waals surface area contributed by atoms with Gasteiger partial charge in [0, 0.05) is 24.2 Å². The molecular formula is C11H9F3N2. The van der Waals surface area contributed by atoms with Crippen LogP contribution < -0.4 is 0 Å². The molecule has 1 aromatic heterocycles. The zero-order valence-electron chi connectivity index (χ0n) is 8.28. The lowest BCUT2D eigenvalue weighted by molar-refractivity contribution is -0.206. The molecule has 0 fully saturated rings. The first kappa shape index (κ1) is 10.7. The molecule has 0 bridgehead atoms. The third kappa shape index (κ3) is 2.08. The van der Waals surface area contributed by atoms with Crippen molar-refractivity contribution in [3.63, 3.8) is 0 Å². The van der Waals surface area contributed by atoms with Crippen molar-refractivity contribution < 1.29 is 13.2 Å². The van der Waals surface area contributed by atoms with Gasteiger partial charge in [0.25, 0.3) is 0 Å². The van der Waals surface area contributed by atoms with Gasteiger partial charge < -0.3 is 0 Å². The molecule has 0 aliphatic carbocycles. The first-order valence-corrected chi connectivity index (χ1v) is 4.72. The zero-order chi connectivity index (χ0) is 11.6. The molecule has 0 radical (unpaired) electrons. The number of hydrogen-bond acceptors (Lipinski definition) is 2. The van der Waals surface area contributed by atoms with Crippen molar-refractivity contribution in [3.05, 3.63) is 48.4 Å². The van der Waals surface area contributed by atoms with E-state index in [0.29, 0.717) is 16.9 Å². The van der Waals surface area contributed by atoms with Crippen LogP contribution in [0.25, 0.3) is 5.70 Å². The Kier molecular flexibility index (Phi) is 2.68. The van der Waals surface area contributed by atoms with Crippen LogP contribution in [0.1, 0.15) is 12.0 Å². The Labute approximate surface area is 90.7 Å². The quantitative estimate of drug-likeness (QED) is 0.684. The van der Waals surface area contributed by atoms with Crippen LogP contribution >= 0.6 is 0 Å². The number of hydrogen-bond donors (Lipinski definition) is 0. The zero-order valence-corrected chi connectivity index (χ0v) is 8.28. The summed E-state index contributed by atoms with van der Waals surface area (Å²) in [7, 11) is 0. The van der Waals surface area contributed by atoms with Gasteiger partial charge in [0.05, 0.1) is 5.70 Å². The molecule has 2 heterocycles. The molecule has 0 saturated carbocycles. The lowest BCUT2D eigenvalue weighted by atomic mass is 10.1. The number of pyridine rings is 1. The summed E-state index contributed by atoms with van der Waals surface area (Å²) < 4.78 is 38.1. The van der Waals surface area contributed by atoms with E-state index in [1.165, 1.54) is 18.5 Å². The molecule has 84 valence electrons. The molecular weight excluding hydrogens is 217 g/mol. The fourth-order valence-corrected chi connectivity index (χ4v) is 1.53. The molecule has 0 N–H and O–H groups in total. The van der Waals surface area contributed by atoms with E-state index < -0.39 is 6.30 Å². The van der Waals surface area contributed by atoms with Crippen LogP contribution in [-0.2, 0) is 0 Å². The van der Waals surface area contributed by atoms with Gasteiger partial charge in [-0.25, -0.2) is 0 Å². The number of aromatic nitrogens is 1. The van der Waals surface area contributed by atoms with Crippen LogP contribution in [0.5, 0.6) is 0 Å². The first-order valence-electron chi connectivity index (χ1n) is 4.72. The first-order chi connectivity index (χ1) is 7.59. The minimum atomic E-state index is -4.40. The lowest BCUT2D eigenvalue weighted by Crippen LogP contribution is -2.32. The van der Waals surface area contributed by atoms with Crippen molar-refractivity contribution in [2.75, 3.05) is 0 Å². The molecule has 1 aliphatic heterocycles. The monoisotopic (exact) mass is 226 g/mol. The summed E-state index contributed by atoms with van der Waals surface area (Å²) in [6.45, 7) is 0. The molecule has 16 heavy (non-hydrogen) atoms. The summed E-state index contributed by atoms with van der Waals surface area (Å²) >= 11 is 0. The van der Waals surface area contributed by atoms with Gasteiger partial charge >= 0.3 is 6.30 Å². The Hall–Kier alpha value is -1.78. The van der Waals surface area contributed by atoms with Crippen molar-refractivity contribution in [1.29, 1.82) is 0 Å². The highest BCUT2D eigenvalue weighted by molar-refractivity contribution is 5.65. The number of halogens is 3. The van der Waals surface area contributed by atoms with E-state index in [-0.39, 0.29) is 5.70 Å². The molecule has 0 amide bonds. The lowest BCUT2D eigenvalue weighted by Gasteiger charge is -2.28. The van der Waals surface area contributed by atoms with E-state index in [1.54, 1.807) is 18.2 Å². The molecule has 1 aliphatic rings. The average molecular weight is 226 g/mol. The predicted octanol–water partition coefficient (Wildman–Crippen LogP) is 3.16. The summed E-state index contributed by atoms with van der Waals surface area (Å²) in [6.07, 6.45) is 3.12. The SMILES string of the molecule is FC(F)(F)N1C=CCC=C1c1ccncc1. The fourth-order valence-electron chi connectivity index (χ4n) is 1.53. The van der Waals surface area contributed by atoms with Gasteiger partial charge in [-0.3, -0.25) is 9.88 Å². The maximum absolute atomic E-state index is 12.7.